The van der Waals surface area contributed by atoms with Crippen molar-refractivity contribution in [2.75, 3.05) is 0 Å². The van der Waals surface area contributed by atoms with Crippen LogP contribution in [0.5, 0.6) is 0 Å². The van der Waals surface area contributed by atoms with Gasteiger partial charge < -0.3 is 0 Å². The van der Waals surface area contributed by atoms with Crippen LogP contribution in [0.1, 0.15) is 39.0 Å². The molecule has 1 heteroatoms. The van der Waals surface area contributed by atoms with Crippen molar-refractivity contribution in [3.63, 3.8) is 0 Å². The first-order valence-electron chi connectivity index (χ1n) is 3.97. The molecule has 0 aromatic carbocycles. The van der Waals surface area contributed by atoms with Crippen molar-refractivity contribution in [2.24, 2.45) is 5.92 Å². The molecule has 54 valence electrons. The van der Waals surface area contributed by atoms with Crippen LogP contribution >= 0.6 is 11.6 Å². The van der Waals surface area contributed by atoms with E-state index in [2.05, 4.69) is 6.92 Å². The monoisotopic (exact) mass is 146 g/mol. The van der Waals surface area contributed by atoms with Crippen molar-refractivity contribution in [2.45, 2.75) is 44.4 Å². The summed E-state index contributed by atoms with van der Waals surface area (Å²) in [7, 11) is 0. The third-order valence-electron chi connectivity index (χ3n) is 2.14. The zero-order valence-electron chi connectivity index (χ0n) is 6.07. The number of hydrogen-bond donors (Lipinski definition) is 0. The molecule has 0 radical (unpaired) electrons. The number of rotatable bonds is 3. The zero-order chi connectivity index (χ0) is 6.69. The second-order valence-electron chi connectivity index (χ2n) is 3.08. The van der Waals surface area contributed by atoms with Gasteiger partial charge in [-0.1, -0.05) is 26.2 Å². The topological polar surface area (TPSA) is 0 Å². The lowest BCUT2D eigenvalue weighted by Crippen LogP contribution is -2.23. The molecule has 0 aliphatic heterocycles. The van der Waals surface area contributed by atoms with Crippen LogP contribution in [0, 0.1) is 5.92 Å². The summed E-state index contributed by atoms with van der Waals surface area (Å²) in [5.41, 5.74) is 0. The lowest BCUT2D eigenvalue weighted by molar-refractivity contribution is 0.296. The Morgan fingerprint density at radius 2 is 2.11 bits per heavy atom. The summed E-state index contributed by atoms with van der Waals surface area (Å²) in [5.74, 6) is 0.979. The van der Waals surface area contributed by atoms with Crippen LogP contribution in [0.15, 0.2) is 0 Å². The second kappa shape index (κ2) is 3.46. The van der Waals surface area contributed by atoms with Gasteiger partial charge in [-0.05, 0) is 18.8 Å². The highest BCUT2D eigenvalue weighted by molar-refractivity contribution is 6.21. The van der Waals surface area contributed by atoms with Gasteiger partial charge in [-0.3, -0.25) is 0 Å². The first kappa shape index (κ1) is 7.40. The highest BCUT2D eigenvalue weighted by Crippen LogP contribution is 2.35. The lowest BCUT2D eigenvalue weighted by atomic mass is 9.81. The van der Waals surface area contributed by atoms with E-state index in [0.29, 0.717) is 5.38 Å². The maximum absolute atomic E-state index is 5.82. The molecule has 1 aliphatic rings. The van der Waals surface area contributed by atoms with Gasteiger partial charge in [0.05, 0.1) is 0 Å². The molecule has 0 aromatic rings. The SMILES string of the molecule is CCCCC1CC(Cl)C1. The smallest absolute Gasteiger partial charge is 0.0341 e. The quantitative estimate of drug-likeness (QED) is 0.537. The minimum Gasteiger partial charge on any atom is -0.123 e. The number of unbranched alkanes of at least 4 members (excludes halogenated alkanes) is 1. The normalized spacial score (nSPS) is 34.0. The second-order valence-corrected chi connectivity index (χ2v) is 3.69. The molecule has 1 fully saturated rings. The molecule has 0 amide bonds. The fourth-order valence-corrected chi connectivity index (χ4v) is 1.89. The molecular weight excluding hydrogens is 132 g/mol. The summed E-state index contributed by atoms with van der Waals surface area (Å²) in [6.07, 6.45) is 6.71. The zero-order valence-corrected chi connectivity index (χ0v) is 6.82. The van der Waals surface area contributed by atoms with E-state index in [1.54, 1.807) is 0 Å². The Labute approximate surface area is 62.6 Å². The van der Waals surface area contributed by atoms with Crippen molar-refractivity contribution in [3.05, 3.63) is 0 Å². The number of halogens is 1. The van der Waals surface area contributed by atoms with Crippen LogP contribution in [0.4, 0.5) is 0 Å². The van der Waals surface area contributed by atoms with E-state index >= 15 is 0 Å². The highest BCUT2D eigenvalue weighted by Gasteiger charge is 2.25. The fraction of sp³-hybridized carbons (Fsp3) is 1.00. The molecule has 0 saturated heterocycles. The van der Waals surface area contributed by atoms with Gasteiger partial charge in [-0.2, -0.15) is 0 Å². The van der Waals surface area contributed by atoms with Crippen LogP contribution in [-0.4, -0.2) is 5.38 Å². The summed E-state index contributed by atoms with van der Waals surface area (Å²) in [4.78, 5) is 0. The Balaban J connectivity index is 1.91. The molecule has 0 N–H and O–H groups in total. The molecule has 0 atom stereocenters. The van der Waals surface area contributed by atoms with E-state index in [1.165, 1.54) is 32.1 Å². The largest absolute Gasteiger partial charge is 0.123 e. The van der Waals surface area contributed by atoms with E-state index in [0.717, 1.165) is 5.92 Å². The molecule has 0 heterocycles. The maximum Gasteiger partial charge on any atom is 0.0341 e. The van der Waals surface area contributed by atoms with Crippen molar-refractivity contribution in [1.29, 1.82) is 0 Å². The minimum atomic E-state index is 0.520. The summed E-state index contributed by atoms with van der Waals surface area (Å²) < 4.78 is 0. The van der Waals surface area contributed by atoms with Gasteiger partial charge in [-0.15, -0.1) is 11.6 Å². The van der Waals surface area contributed by atoms with Crippen LogP contribution in [-0.2, 0) is 0 Å². The van der Waals surface area contributed by atoms with Crippen molar-refractivity contribution in [1.82, 2.24) is 0 Å². The average Bonchev–Trinajstić information content (AvgIpc) is 1.78. The Morgan fingerprint density at radius 3 is 2.56 bits per heavy atom. The van der Waals surface area contributed by atoms with Crippen LogP contribution in [0.25, 0.3) is 0 Å². The summed E-state index contributed by atoms with van der Waals surface area (Å²) in [5, 5.41) is 0.520. The Bertz CT molecular complexity index is 74.6. The van der Waals surface area contributed by atoms with E-state index < -0.39 is 0 Å². The Hall–Kier alpha value is 0.290. The van der Waals surface area contributed by atoms with Gasteiger partial charge in [0.1, 0.15) is 0 Å². The lowest BCUT2D eigenvalue weighted by Gasteiger charge is -2.30. The number of hydrogen-bond acceptors (Lipinski definition) is 0. The van der Waals surface area contributed by atoms with Crippen molar-refractivity contribution in [3.8, 4) is 0 Å². The first-order chi connectivity index (χ1) is 4.33. The Morgan fingerprint density at radius 1 is 1.44 bits per heavy atom. The van der Waals surface area contributed by atoms with Gasteiger partial charge in [0, 0.05) is 5.38 Å². The first-order valence-corrected chi connectivity index (χ1v) is 4.40. The van der Waals surface area contributed by atoms with Crippen molar-refractivity contribution >= 4 is 11.6 Å². The third-order valence-corrected chi connectivity index (χ3v) is 2.50. The molecule has 1 saturated carbocycles. The maximum atomic E-state index is 5.82. The highest BCUT2D eigenvalue weighted by atomic mass is 35.5. The third kappa shape index (κ3) is 2.17. The van der Waals surface area contributed by atoms with E-state index in [-0.39, 0.29) is 0 Å². The minimum absolute atomic E-state index is 0.520. The molecular formula is C8H15Cl. The molecule has 0 nitrogen and oxygen atoms in total. The van der Waals surface area contributed by atoms with E-state index in [9.17, 15) is 0 Å². The van der Waals surface area contributed by atoms with Gasteiger partial charge in [-0.25, -0.2) is 0 Å². The molecule has 1 aliphatic carbocycles. The number of alkyl halides is 1. The van der Waals surface area contributed by atoms with Crippen LogP contribution in [0.2, 0.25) is 0 Å². The van der Waals surface area contributed by atoms with Gasteiger partial charge in [0.25, 0.3) is 0 Å². The van der Waals surface area contributed by atoms with E-state index in [4.69, 9.17) is 11.6 Å². The van der Waals surface area contributed by atoms with Crippen LogP contribution in [0.3, 0.4) is 0 Å². The van der Waals surface area contributed by atoms with E-state index in [1.807, 2.05) is 0 Å². The molecule has 0 bridgehead atoms. The standard InChI is InChI=1S/C8H15Cl/c1-2-3-4-7-5-8(9)6-7/h7-8H,2-6H2,1H3. The van der Waals surface area contributed by atoms with Crippen LogP contribution < -0.4 is 0 Å². The predicted molar refractivity (Wildman–Crippen MR) is 41.9 cm³/mol. The molecule has 0 spiro atoms. The predicted octanol–water partition coefficient (Wildman–Crippen LogP) is 3.19. The average molecular weight is 147 g/mol. The molecule has 0 aromatic heterocycles. The van der Waals surface area contributed by atoms with Gasteiger partial charge in [0.2, 0.25) is 0 Å². The van der Waals surface area contributed by atoms with Gasteiger partial charge >= 0.3 is 0 Å². The summed E-state index contributed by atoms with van der Waals surface area (Å²) in [6, 6.07) is 0. The fourth-order valence-electron chi connectivity index (χ4n) is 1.38. The van der Waals surface area contributed by atoms with Gasteiger partial charge in [0.15, 0.2) is 0 Å². The summed E-state index contributed by atoms with van der Waals surface area (Å²) in [6.45, 7) is 2.25. The molecule has 1 rings (SSSR count). The summed E-state index contributed by atoms with van der Waals surface area (Å²) >= 11 is 5.82. The molecule has 9 heavy (non-hydrogen) atoms. The molecule has 0 unspecified atom stereocenters. The van der Waals surface area contributed by atoms with Crippen molar-refractivity contribution < 1.29 is 0 Å². The Kier molecular flexibility index (Phi) is 2.84.